The van der Waals surface area contributed by atoms with Crippen molar-refractivity contribution >= 4 is 21.4 Å². The molecular formula is C10H12F2N2O4S. The first-order chi connectivity index (χ1) is 8.76. The fourth-order valence-corrected chi connectivity index (χ4v) is 2.17. The SMILES string of the molecule is NC(=O)C(O)CNc1ccccc1S(=O)(=O)C(F)F. The van der Waals surface area contributed by atoms with Gasteiger partial charge in [0, 0.05) is 6.54 Å². The molecule has 0 fully saturated rings. The van der Waals surface area contributed by atoms with Crippen LogP contribution in [0.5, 0.6) is 0 Å². The largest absolute Gasteiger partial charge is 0.381 e. The Labute approximate surface area is 108 Å². The van der Waals surface area contributed by atoms with Gasteiger partial charge in [-0.25, -0.2) is 8.42 Å². The summed E-state index contributed by atoms with van der Waals surface area (Å²) in [6.07, 6.45) is -1.55. The molecule has 0 heterocycles. The van der Waals surface area contributed by atoms with Crippen molar-refractivity contribution in [3.63, 3.8) is 0 Å². The van der Waals surface area contributed by atoms with Crippen LogP contribution in [0.4, 0.5) is 14.5 Å². The van der Waals surface area contributed by atoms with Gasteiger partial charge >= 0.3 is 5.76 Å². The highest BCUT2D eigenvalue weighted by molar-refractivity contribution is 7.91. The molecule has 0 aliphatic heterocycles. The number of sulfone groups is 1. The van der Waals surface area contributed by atoms with Gasteiger partial charge in [-0.3, -0.25) is 4.79 Å². The van der Waals surface area contributed by atoms with Gasteiger partial charge in [0.25, 0.3) is 0 Å². The molecule has 1 atom stereocenters. The Morgan fingerprint density at radius 2 is 1.95 bits per heavy atom. The van der Waals surface area contributed by atoms with E-state index in [-0.39, 0.29) is 12.2 Å². The summed E-state index contributed by atoms with van der Waals surface area (Å²) in [5, 5.41) is 11.5. The highest BCUT2D eigenvalue weighted by Crippen LogP contribution is 2.25. The lowest BCUT2D eigenvalue weighted by Crippen LogP contribution is -2.34. The molecule has 1 amide bonds. The molecule has 0 saturated carbocycles. The summed E-state index contributed by atoms with van der Waals surface area (Å²) in [6.45, 7) is -0.384. The van der Waals surface area contributed by atoms with Gasteiger partial charge in [0.2, 0.25) is 15.7 Å². The van der Waals surface area contributed by atoms with Gasteiger partial charge < -0.3 is 16.2 Å². The Bertz CT molecular complexity index is 562. The minimum Gasteiger partial charge on any atom is -0.381 e. The number of nitrogens with one attached hydrogen (secondary N) is 1. The van der Waals surface area contributed by atoms with E-state index < -0.39 is 32.5 Å². The molecule has 6 nitrogen and oxygen atoms in total. The Hall–Kier alpha value is -1.74. The van der Waals surface area contributed by atoms with Crippen LogP contribution in [-0.2, 0) is 14.6 Å². The summed E-state index contributed by atoms with van der Waals surface area (Å²) in [6, 6.07) is 4.94. The molecule has 106 valence electrons. The number of halogens is 2. The average molecular weight is 294 g/mol. The van der Waals surface area contributed by atoms with E-state index in [0.29, 0.717) is 0 Å². The third-order valence-corrected chi connectivity index (χ3v) is 3.68. The van der Waals surface area contributed by atoms with Gasteiger partial charge in [-0.1, -0.05) is 12.1 Å². The number of hydrogen-bond donors (Lipinski definition) is 3. The predicted molar refractivity (Wildman–Crippen MR) is 63.3 cm³/mol. The maximum absolute atomic E-state index is 12.5. The quantitative estimate of drug-likeness (QED) is 0.681. The number of para-hydroxylation sites is 1. The smallest absolute Gasteiger partial charge is 0.341 e. The maximum Gasteiger partial charge on any atom is 0.341 e. The maximum atomic E-state index is 12.5. The van der Waals surface area contributed by atoms with Crippen LogP contribution in [0.2, 0.25) is 0 Å². The number of carbonyl (C=O) groups excluding carboxylic acids is 1. The number of carbonyl (C=O) groups is 1. The number of amides is 1. The standard InChI is InChI=1S/C10H12F2N2O4S/c11-10(12)19(17,18)8-4-2-1-3-6(8)14-5-7(15)9(13)16/h1-4,7,10,14-15H,5H2,(H2,13,16). The lowest BCUT2D eigenvalue weighted by molar-refractivity contribution is -0.125. The molecule has 9 heteroatoms. The summed E-state index contributed by atoms with van der Waals surface area (Å²) in [5.74, 6) is -4.57. The Balaban J connectivity index is 3.01. The summed E-state index contributed by atoms with van der Waals surface area (Å²) in [7, 11) is -4.77. The number of nitrogens with two attached hydrogens (primary N) is 1. The second kappa shape index (κ2) is 5.93. The highest BCUT2D eigenvalue weighted by atomic mass is 32.2. The predicted octanol–water partition coefficient (Wildman–Crippen LogP) is -0.0590. The molecule has 0 saturated heterocycles. The molecule has 0 aromatic heterocycles. The van der Waals surface area contributed by atoms with Gasteiger partial charge in [0.05, 0.1) is 10.6 Å². The second-order valence-electron chi connectivity index (χ2n) is 3.60. The average Bonchev–Trinajstić information content (AvgIpc) is 2.35. The minimum absolute atomic E-state index is 0.136. The van der Waals surface area contributed by atoms with E-state index in [2.05, 4.69) is 5.32 Å². The van der Waals surface area contributed by atoms with Crippen LogP contribution in [0.25, 0.3) is 0 Å². The van der Waals surface area contributed by atoms with Crippen molar-refractivity contribution in [2.75, 3.05) is 11.9 Å². The fraction of sp³-hybridized carbons (Fsp3) is 0.300. The number of hydrogen-bond acceptors (Lipinski definition) is 5. The topological polar surface area (TPSA) is 109 Å². The first-order valence-electron chi connectivity index (χ1n) is 5.09. The van der Waals surface area contributed by atoms with Crippen LogP contribution in [-0.4, -0.2) is 37.8 Å². The van der Waals surface area contributed by atoms with E-state index in [1.807, 2.05) is 0 Å². The minimum atomic E-state index is -4.77. The molecule has 0 aliphatic carbocycles. The monoisotopic (exact) mass is 294 g/mol. The summed E-state index contributed by atoms with van der Waals surface area (Å²) in [5.41, 5.74) is 4.67. The zero-order chi connectivity index (χ0) is 14.6. The first-order valence-corrected chi connectivity index (χ1v) is 6.63. The van der Waals surface area contributed by atoms with E-state index >= 15 is 0 Å². The van der Waals surface area contributed by atoms with Crippen LogP contribution >= 0.6 is 0 Å². The third-order valence-electron chi connectivity index (χ3n) is 2.24. The summed E-state index contributed by atoms with van der Waals surface area (Å²) < 4.78 is 47.7. The number of benzene rings is 1. The molecule has 0 radical (unpaired) electrons. The zero-order valence-corrected chi connectivity index (χ0v) is 10.4. The van der Waals surface area contributed by atoms with Crippen molar-refractivity contribution in [3.05, 3.63) is 24.3 Å². The Morgan fingerprint density at radius 3 is 2.47 bits per heavy atom. The van der Waals surface area contributed by atoms with Crippen LogP contribution < -0.4 is 11.1 Å². The second-order valence-corrected chi connectivity index (χ2v) is 5.49. The van der Waals surface area contributed by atoms with E-state index in [1.54, 1.807) is 0 Å². The molecule has 4 N–H and O–H groups in total. The lowest BCUT2D eigenvalue weighted by atomic mass is 10.3. The molecule has 0 bridgehead atoms. The molecule has 1 rings (SSSR count). The fourth-order valence-electron chi connectivity index (χ4n) is 1.26. The Kier molecular flexibility index (Phi) is 4.78. The number of aliphatic hydroxyl groups is 1. The van der Waals surface area contributed by atoms with Gasteiger partial charge in [-0.05, 0) is 12.1 Å². The molecule has 0 spiro atoms. The Morgan fingerprint density at radius 1 is 1.37 bits per heavy atom. The van der Waals surface area contributed by atoms with Crippen molar-refractivity contribution in [1.29, 1.82) is 0 Å². The number of aliphatic hydroxyl groups excluding tert-OH is 1. The molecule has 1 aromatic carbocycles. The van der Waals surface area contributed by atoms with Gasteiger partial charge in [-0.2, -0.15) is 8.78 Å². The first kappa shape index (κ1) is 15.3. The molecule has 1 aromatic rings. The van der Waals surface area contributed by atoms with Crippen molar-refractivity contribution in [3.8, 4) is 0 Å². The van der Waals surface area contributed by atoms with E-state index in [0.717, 1.165) is 6.07 Å². The van der Waals surface area contributed by atoms with E-state index in [1.165, 1.54) is 18.2 Å². The van der Waals surface area contributed by atoms with Crippen LogP contribution in [0, 0.1) is 0 Å². The van der Waals surface area contributed by atoms with Crippen LogP contribution in [0.3, 0.4) is 0 Å². The highest BCUT2D eigenvalue weighted by Gasteiger charge is 2.29. The lowest BCUT2D eigenvalue weighted by Gasteiger charge is -2.13. The number of alkyl halides is 2. The van der Waals surface area contributed by atoms with E-state index in [9.17, 15) is 22.0 Å². The van der Waals surface area contributed by atoms with Gasteiger partial charge in [0.1, 0.15) is 6.10 Å². The van der Waals surface area contributed by atoms with E-state index in [4.69, 9.17) is 10.8 Å². The molecule has 0 aliphatic rings. The molecule has 1 unspecified atom stereocenters. The van der Waals surface area contributed by atoms with Crippen molar-refractivity contribution in [2.24, 2.45) is 5.73 Å². The summed E-state index contributed by atoms with van der Waals surface area (Å²) in [4.78, 5) is 10.00. The number of primary amides is 1. The van der Waals surface area contributed by atoms with Crippen LogP contribution in [0.15, 0.2) is 29.2 Å². The van der Waals surface area contributed by atoms with Gasteiger partial charge in [-0.15, -0.1) is 0 Å². The van der Waals surface area contributed by atoms with Crippen molar-refractivity contribution < 1.29 is 27.1 Å². The van der Waals surface area contributed by atoms with Crippen molar-refractivity contribution in [2.45, 2.75) is 16.8 Å². The third kappa shape index (κ3) is 3.61. The normalized spacial score (nSPS) is 13.3. The zero-order valence-electron chi connectivity index (χ0n) is 9.58. The van der Waals surface area contributed by atoms with Crippen LogP contribution in [0.1, 0.15) is 0 Å². The van der Waals surface area contributed by atoms with Gasteiger partial charge in [0.15, 0.2) is 0 Å². The number of anilines is 1. The molecule has 19 heavy (non-hydrogen) atoms. The van der Waals surface area contributed by atoms with Crippen molar-refractivity contribution in [1.82, 2.24) is 0 Å². The number of rotatable bonds is 6. The molecular weight excluding hydrogens is 282 g/mol. The summed E-state index contributed by atoms with van der Waals surface area (Å²) >= 11 is 0.